The van der Waals surface area contributed by atoms with Crippen molar-refractivity contribution in [2.75, 3.05) is 5.32 Å². The Morgan fingerprint density at radius 2 is 1.68 bits per heavy atom. The van der Waals surface area contributed by atoms with E-state index in [1.165, 1.54) is 6.92 Å². The number of hydrogen-bond acceptors (Lipinski definition) is 5. The van der Waals surface area contributed by atoms with E-state index >= 15 is 0 Å². The number of fused-ring (bicyclic) bond motifs is 1. The lowest BCUT2D eigenvalue weighted by Crippen LogP contribution is -2.06. The molecule has 0 fully saturated rings. The molecule has 0 aliphatic heterocycles. The second-order valence-electron chi connectivity index (χ2n) is 8.55. The molecule has 0 radical (unpaired) electrons. The highest BCUT2D eigenvalue weighted by molar-refractivity contribution is 6.35. The first-order chi connectivity index (χ1) is 18.0. The van der Waals surface area contributed by atoms with Gasteiger partial charge in [-0.15, -0.1) is 0 Å². The summed E-state index contributed by atoms with van der Waals surface area (Å²) in [5.41, 5.74) is 5.23. The Kier molecular flexibility index (Phi) is 6.97. The average Bonchev–Trinajstić information content (AvgIpc) is 2.91. The summed E-state index contributed by atoms with van der Waals surface area (Å²) >= 11 is 6.47. The summed E-state index contributed by atoms with van der Waals surface area (Å²) in [5.74, 6) is 0.0405. The number of aromatic nitrogens is 1. The largest absolute Gasteiger partial charge is 0.427 e. The molecule has 6 heteroatoms. The molecular weight excluding hydrogens is 484 g/mol. The molecule has 0 unspecified atom stereocenters. The molecule has 0 saturated heterocycles. The van der Waals surface area contributed by atoms with E-state index in [0.717, 1.165) is 27.8 Å². The number of nitrogens with one attached hydrogen (secondary N) is 1. The first-order valence-corrected chi connectivity index (χ1v) is 12.2. The van der Waals surface area contributed by atoms with Crippen LogP contribution in [-0.4, -0.2) is 16.7 Å². The fourth-order valence-corrected chi connectivity index (χ4v) is 4.51. The summed E-state index contributed by atoms with van der Waals surface area (Å²) in [5, 5.41) is 4.76. The van der Waals surface area contributed by atoms with Gasteiger partial charge in [-0.05, 0) is 41.5 Å². The molecule has 0 bridgehead atoms. The van der Waals surface area contributed by atoms with Gasteiger partial charge in [-0.3, -0.25) is 14.6 Å². The van der Waals surface area contributed by atoms with Gasteiger partial charge in [0, 0.05) is 47.4 Å². The normalized spacial score (nSPS) is 10.8. The van der Waals surface area contributed by atoms with Crippen molar-refractivity contribution in [1.82, 2.24) is 4.98 Å². The number of benzene rings is 4. The van der Waals surface area contributed by atoms with Crippen molar-refractivity contribution >= 4 is 39.9 Å². The third kappa shape index (κ3) is 5.37. The predicted molar refractivity (Wildman–Crippen MR) is 147 cm³/mol. The van der Waals surface area contributed by atoms with E-state index in [0.29, 0.717) is 34.0 Å². The summed E-state index contributed by atoms with van der Waals surface area (Å²) in [6, 6.07) is 30.0. The van der Waals surface area contributed by atoms with Crippen molar-refractivity contribution in [3.63, 3.8) is 0 Å². The van der Waals surface area contributed by atoms with Gasteiger partial charge in [-0.1, -0.05) is 78.3 Å². The molecule has 37 heavy (non-hydrogen) atoms. The van der Waals surface area contributed by atoms with Crippen LogP contribution in [0.3, 0.4) is 0 Å². The zero-order chi connectivity index (χ0) is 25.8. The second kappa shape index (κ2) is 10.6. The SMILES string of the molecule is CC(=O)Oc1cccc(CNc2cccc(-c3c(C(=O)c4ccccc4)cnc4c(Cl)cccc34)c2)c1. The fraction of sp³-hybridized carbons (Fsp3) is 0.0645. The van der Waals surface area contributed by atoms with E-state index in [1.54, 1.807) is 30.5 Å². The van der Waals surface area contributed by atoms with E-state index in [-0.39, 0.29) is 11.8 Å². The molecule has 0 atom stereocenters. The van der Waals surface area contributed by atoms with Crippen LogP contribution in [0.2, 0.25) is 5.02 Å². The van der Waals surface area contributed by atoms with Crippen LogP contribution in [0.15, 0.2) is 103 Å². The van der Waals surface area contributed by atoms with Crippen LogP contribution in [-0.2, 0) is 11.3 Å². The lowest BCUT2D eigenvalue weighted by molar-refractivity contribution is -0.131. The minimum Gasteiger partial charge on any atom is -0.427 e. The summed E-state index contributed by atoms with van der Waals surface area (Å²) in [4.78, 5) is 29.4. The standard InChI is InChI=1S/C31H23ClN2O3/c1-20(35)37-25-13-5-8-21(16-25)18-33-24-12-6-11-23(17-24)29-26-14-7-15-28(32)30(26)34-19-27(29)31(36)22-9-3-2-4-10-22/h2-17,19,33H,18H2,1H3. The molecule has 5 rings (SSSR count). The van der Waals surface area contributed by atoms with Crippen LogP contribution in [0.4, 0.5) is 5.69 Å². The van der Waals surface area contributed by atoms with Crippen molar-refractivity contribution in [2.24, 2.45) is 0 Å². The Hall–Kier alpha value is -4.48. The van der Waals surface area contributed by atoms with E-state index in [2.05, 4.69) is 10.3 Å². The summed E-state index contributed by atoms with van der Waals surface area (Å²) < 4.78 is 5.19. The van der Waals surface area contributed by atoms with Crippen molar-refractivity contribution in [2.45, 2.75) is 13.5 Å². The smallest absolute Gasteiger partial charge is 0.308 e. The Balaban J connectivity index is 1.53. The molecule has 1 heterocycles. The van der Waals surface area contributed by atoms with Gasteiger partial charge in [-0.25, -0.2) is 0 Å². The highest BCUT2D eigenvalue weighted by atomic mass is 35.5. The van der Waals surface area contributed by atoms with Crippen LogP contribution in [0, 0.1) is 0 Å². The number of carbonyl (C=O) groups is 2. The molecule has 5 nitrogen and oxygen atoms in total. The van der Waals surface area contributed by atoms with E-state index in [4.69, 9.17) is 16.3 Å². The number of ether oxygens (including phenoxy) is 1. The maximum Gasteiger partial charge on any atom is 0.308 e. The Morgan fingerprint density at radius 1 is 0.892 bits per heavy atom. The Labute approximate surface area is 219 Å². The zero-order valence-electron chi connectivity index (χ0n) is 20.1. The van der Waals surface area contributed by atoms with Crippen molar-refractivity contribution in [1.29, 1.82) is 0 Å². The van der Waals surface area contributed by atoms with Crippen molar-refractivity contribution in [3.05, 3.63) is 125 Å². The molecule has 0 aliphatic carbocycles. The number of nitrogens with zero attached hydrogens (tertiary/aromatic N) is 1. The van der Waals surface area contributed by atoms with Crippen molar-refractivity contribution < 1.29 is 14.3 Å². The van der Waals surface area contributed by atoms with Gasteiger partial charge < -0.3 is 10.1 Å². The van der Waals surface area contributed by atoms with Gasteiger partial charge in [0.25, 0.3) is 0 Å². The maximum atomic E-state index is 13.5. The second-order valence-corrected chi connectivity index (χ2v) is 8.96. The molecule has 182 valence electrons. The van der Waals surface area contributed by atoms with E-state index in [9.17, 15) is 9.59 Å². The molecule has 1 aromatic heterocycles. The molecule has 4 aromatic carbocycles. The predicted octanol–water partition coefficient (Wildman–Crippen LogP) is 7.32. The maximum absolute atomic E-state index is 13.5. The van der Waals surface area contributed by atoms with Gasteiger partial charge >= 0.3 is 5.97 Å². The Bertz CT molecular complexity index is 1620. The molecule has 0 spiro atoms. The van der Waals surface area contributed by atoms with Gasteiger partial charge in [0.1, 0.15) is 5.75 Å². The summed E-state index contributed by atoms with van der Waals surface area (Å²) in [6.07, 6.45) is 1.61. The highest BCUT2D eigenvalue weighted by Crippen LogP contribution is 2.36. The molecule has 1 N–H and O–H groups in total. The number of pyridine rings is 1. The quantitative estimate of drug-likeness (QED) is 0.142. The minimum atomic E-state index is -0.358. The molecule has 0 saturated carbocycles. The van der Waals surface area contributed by atoms with Gasteiger partial charge in [0.05, 0.1) is 10.5 Å². The molecule has 5 aromatic rings. The van der Waals surface area contributed by atoms with Crippen LogP contribution >= 0.6 is 11.6 Å². The third-order valence-electron chi connectivity index (χ3n) is 5.94. The molecular formula is C31H23ClN2O3. The number of halogens is 1. The molecule has 0 aliphatic rings. The number of para-hydroxylation sites is 1. The van der Waals surface area contributed by atoms with Crippen LogP contribution < -0.4 is 10.1 Å². The summed E-state index contributed by atoms with van der Waals surface area (Å²) in [6.45, 7) is 1.90. The first-order valence-electron chi connectivity index (χ1n) is 11.8. The monoisotopic (exact) mass is 506 g/mol. The number of hydrogen-bond donors (Lipinski definition) is 1. The molecule has 0 amide bonds. The van der Waals surface area contributed by atoms with Gasteiger partial charge in [0.2, 0.25) is 0 Å². The first kappa shape index (κ1) is 24.2. The zero-order valence-corrected chi connectivity index (χ0v) is 20.8. The van der Waals surface area contributed by atoms with E-state index in [1.807, 2.05) is 72.8 Å². The number of carbonyl (C=O) groups excluding carboxylic acids is 2. The topological polar surface area (TPSA) is 68.3 Å². The number of esters is 1. The van der Waals surface area contributed by atoms with Crippen LogP contribution in [0.5, 0.6) is 5.75 Å². The Morgan fingerprint density at radius 3 is 2.49 bits per heavy atom. The van der Waals surface area contributed by atoms with Crippen LogP contribution in [0.25, 0.3) is 22.0 Å². The van der Waals surface area contributed by atoms with Crippen LogP contribution in [0.1, 0.15) is 28.4 Å². The van der Waals surface area contributed by atoms with Crippen molar-refractivity contribution in [3.8, 4) is 16.9 Å². The number of ketones is 1. The number of anilines is 1. The van der Waals surface area contributed by atoms with Gasteiger partial charge in [0.15, 0.2) is 5.78 Å². The fourth-order valence-electron chi connectivity index (χ4n) is 4.29. The average molecular weight is 507 g/mol. The lowest BCUT2D eigenvalue weighted by atomic mass is 9.92. The third-order valence-corrected chi connectivity index (χ3v) is 6.24. The minimum absolute atomic E-state index is 0.106. The lowest BCUT2D eigenvalue weighted by Gasteiger charge is -2.15. The highest BCUT2D eigenvalue weighted by Gasteiger charge is 2.19. The van der Waals surface area contributed by atoms with Gasteiger partial charge in [-0.2, -0.15) is 0 Å². The number of rotatable bonds is 7. The van der Waals surface area contributed by atoms with E-state index < -0.39 is 0 Å². The summed E-state index contributed by atoms with van der Waals surface area (Å²) in [7, 11) is 0.